The second-order valence-electron chi connectivity index (χ2n) is 7.13. The topological polar surface area (TPSA) is 74.6 Å². The molecular weight excluding hydrogens is 433 g/mol. The van der Waals surface area contributed by atoms with Crippen LogP contribution in [0.4, 0.5) is 10.1 Å². The van der Waals surface area contributed by atoms with E-state index in [9.17, 15) is 9.18 Å². The molecule has 1 amide bonds. The summed E-state index contributed by atoms with van der Waals surface area (Å²) in [5, 5.41) is 8.94. The number of hydrogen-bond donors (Lipinski definition) is 1. The number of carbonyl (C=O) groups excluding carboxylic acids is 1. The van der Waals surface area contributed by atoms with Crippen LogP contribution in [0.2, 0.25) is 0 Å². The van der Waals surface area contributed by atoms with Crippen LogP contribution in [0.15, 0.2) is 66.3 Å². The number of nitrogens with zero attached hydrogens (tertiary/aromatic N) is 2. The molecule has 162 valence electrons. The number of anilines is 1. The van der Waals surface area contributed by atoms with Gasteiger partial charge in [-0.05, 0) is 41.3 Å². The van der Waals surface area contributed by atoms with Gasteiger partial charge < -0.3 is 19.5 Å². The smallest absolute Gasteiger partial charge is 0.265 e. The highest BCUT2D eigenvalue weighted by Gasteiger charge is 2.15. The van der Waals surface area contributed by atoms with Gasteiger partial charge >= 0.3 is 0 Å². The van der Waals surface area contributed by atoms with Crippen LogP contribution < -0.4 is 19.5 Å². The Hall–Kier alpha value is -3.85. The van der Waals surface area contributed by atoms with Crippen LogP contribution >= 0.6 is 11.3 Å². The fourth-order valence-electron chi connectivity index (χ4n) is 3.23. The minimum Gasteiger partial charge on any atom is -0.489 e. The normalized spacial score (nSPS) is 12.0. The van der Waals surface area contributed by atoms with Gasteiger partial charge in [-0.25, -0.2) is 4.39 Å². The van der Waals surface area contributed by atoms with Crippen LogP contribution in [0.3, 0.4) is 0 Å². The molecule has 7 nitrogen and oxygen atoms in total. The number of thiophene rings is 1. The van der Waals surface area contributed by atoms with E-state index in [1.807, 2.05) is 17.5 Å². The second kappa shape index (κ2) is 8.72. The molecule has 1 N–H and O–H groups in total. The molecule has 2 aromatic carbocycles. The van der Waals surface area contributed by atoms with Gasteiger partial charge in [0.05, 0.1) is 23.3 Å². The van der Waals surface area contributed by atoms with Crippen LogP contribution in [0, 0.1) is 5.82 Å². The Labute approximate surface area is 187 Å². The first-order chi connectivity index (χ1) is 15.6. The third-order valence-electron chi connectivity index (χ3n) is 4.75. The van der Waals surface area contributed by atoms with Gasteiger partial charge in [0.15, 0.2) is 11.5 Å². The predicted molar refractivity (Wildman–Crippen MR) is 117 cm³/mol. The van der Waals surface area contributed by atoms with Gasteiger partial charge in [-0.15, -0.1) is 11.3 Å². The number of rotatable bonds is 7. The highest BCUT2D eigenvalue weighted by Crippen LogP contribution is 2.35. The summed E-state index contributed by atoms with van der Waals surface area (Å²) in [6.07, 6.45) is 3.27. The molecule has 0 fully saturated rings. The van der Waals surface area contributed by atoms with Gasteiger partial charge in [-0.2, -0.15) is 5.10 Å². The minimum absolute atomic E-state index is 0.214. The minimum atomic E-state index is -0.292. The summed E-state index contributed by atoms with van der Waals surface area (Å²) in [6.45, 7) is 0.953. The van der Waals surface area contributed by atoms with Crippen molar-refractivity contribution < 1.29 is 23.4 Å². The van der Waals surface area contributed by atoms with Crippen molar-refractivity contribution in [3.05, 3.63) is 88.1 Å². The van der Waals surface area contributed by atoms with Gasteiger partial charge in [0.1, 0.15) is 18.2 Å². The van der Waals surface area contributed by atoms with E-state index >= 15 is 0 Å². The first-order valence-electron chi connectivity index (χ1n) is 9.80. The largest absolute Gasteiger partial charge is 0.489 e. The van der Waals surface area contributed by atoms with Crippen molar-refractivity contribution in [2.45, 2.75) is 13.2 Å². The Morgan fingerprint density at radius 2 is 2.06 bits per heavy atom. The number of halogens is 1. The quantitative estimate of drug-likeness (QED) is 0.441. The SMILES string of the molecule is O=C(Nc1cnn(Cc2cccc(F)c2)c1)c1cc(COc2ccc3c(c2)OCO3)cs1. The number of hydrogen-bond acceptors (Lipinski definition) is 6. The number of ether oxygens (including phenoxy) is 3. The first kappa shape index (κ1) is 20.1. The van der Waals surface area contributed by atoms with Gasteiger partial charge in [0.25, 0.3) is 5.91 Å². The van der Waals surface area contributed by atoms with E-state index < -0.39 is 0 Å². The molecule has 32 heavy (non-hydrogen) atoms. The molecule has 0 radical (unpaired) electrons. The average molecular weight is 451 g/mol. The molecule has 1 aliphatic rings. The van der Waals surface area contributed by atoms with E-state index in [1.165, 1.54) is 23.5 Å². The van der Waals surface area contributed by atoms with Gasteiger partial charge in [0.2, 0.25) is 6.79 Å². The fourth-order valence-corrected chi connectivity index (χ4v) is 4.03. The highest BCUT2D eigenvalue weighted by molar-refractivity contribution is 7.12. The average Bonchev–Trinajstić information content (AvgIpc) is 3.53. The van der Waals surface area contributed by atoms with Crippen molar-refractivity contribution in [2.75, 3.05) is 12.1 Å². The van der Waals surface area contributed by atoms with Crippen molar-refractivity contribution in [3.63, 3.8) is 0 Å². The molecule has 3 heterocycles. The Bertz CT molecular complexity index is 1270. The van der Waals surface area contributed by atoms with Crippen LogP contribution in [-0.2, 0) is 13.2 Å². The molecule has 1 aliphatic heterocycles. The standard InChI is InChI=1S/C23H18FN3O4S/c24-17-3-1-2-15(6-17)10-27-11-18(9-25-27)26-23(28)22-7-16(13-32-22)12-29-19-4-5-20-21(8-19)31-14-30-20/h1-9,11,13H,10,12,14H2,(H,26,28). The number of benzene rings is 2. The number of aromatic nitrogens is 2. The Kier molecular flexibility index (Phi) is 5.47. The second-order valence-corrected chi connectivity index (χ2v) is 8.04. The number of nitrogens with one attached hydrogen (secondary N) is 1. The monoisotopic (exact) mass is 451 g/mol. The molecule has 0 aliphatic carbocycles. The zero-order chi connectivity index (χ0) is 21.9. The Morgan fingerprint density at radius 3 is 2.97 bits per heavy atom. The molecule has 0 saturated heterocycles. The van der Waals surface area contributed by atoms with Crippen LogP contribution in [0.1, 0.15) is 20.8 Å². The Balaban J connectivity index is 1.17. The summed E-state index contributed by atoms with van der Waals surface area (Å²) in [7, 11) is 0. The predicted octanol–water partition coefficient (Wildman–Crippen LogP) is 4.69. The van der Waals surface area contributed by atoms with Crippen molar-refractivity contribution in [1.82, 2.24) is 9.78 Å². The van der Waals surface area contributed by atoms with E-state index in [0.29, 0.717) is 41.0 Å². The molecule has 9 heteroatoms. The van der Waals surface area contributed by atoms with E-state index in [4.69, 9.17) is 14.2 Å². The molecule has 0 saturated carbocycles. The van der Waals surface area contributed by atoms with E-state index in [0.717, 1.165) is 11.1 Å². The summed E-state index contributed by atoms with van der Waals surface area (Å²) < 4.78 is 31.4. The van der Waals surface area contributed by atoms with Crippen LogP contribution in [-0.4, -0.2) is 22.5 Å². The van der Waals surface area contributed by atoms with E-state index in [2.05, 4.69) is 10.4 Å². The highest BCUT2D eigenvalue weighted by atomic mass is 32.1. The molecule has 0 atom stereocenters. The number of fused-ring (bicyclic) bond motifs is 1. The summed E-state index contributed by atoms with van der Waals surface area (Å²) in [6, 6.07) is 13.5. The maximum Gasteiger partial charge on any atom is 0.265 e. The van der Waals surface area contributed by atoms with E-state index in [-0.39, 0.29) is 18.5 Å². The molecule has 4 aromatic rings. The lowest BCUT2D eigenvalue weighted by molar-refractivity contribution is 0.103. The van der Waals surface area contributed by atoms with E-state index in [1.54, 1.807) is 41.3 Å². The lowest BCUT2D eigenvalue weighted by Crippen LogP contribution is -2.09. The van der Waals surface area contributed by atoms with Gasteiger partial charge in [-0.1, -0.05) is 12.1 Å². The molecule has 0 bridgehead atoms. The van der Waals surface area contributed by atoms with Gasteiger partial charge in [0, 0.05) is 17.8 Å². The number of amides is 1. The molecular formula is C23H18FN3O4S. The number of carbonyl (C=O) groups is 1. The molecule has 0 unspecified atom stereocenters. The molecule has 0 spiro atoms. The van der Waals surface area contributed by atoms with Crippen molar-refractivity contribution in [2.24, 2.45) is 0 Å². The van der Waals surface area contributed by atoms with Gasteiger partial charge in [-0.3, -0.25) is 9.48 Å². The van der Waals surface area contributed by atoms with Crippen LogP contribution in [0.5, 0.6) is 17.2 Å². The van der Waals surface area contributed by atoms with Crippen molar-refractivity contribution >= 4 is 22.9 Å². The fraction of sp³-hybridized carbons (Fsp3) is 0.130. The molecule has 5 rings (SSSR count). The third-order valence-corrected chi connectivity index (χ3v) is 5.73. The van der Waals surface area contributed by atoms with Crippen molar-refractivity contribution in [3.8, 4) is 17.2 Å². The lowest BCUT2D eigenvalue weighted by Gasteiger charge is -2.05. The summed E-state index contributed by atoms with van der Waals surface area (Å²) >= 11 is 1.34. The first-order valence-corrected chi connectivity index (χ1v) is 10.7. The zero-order valence-corrected chi connectivity index (χ0v) is 17.6. The molecule has 2 aromatic heterocycles. The maximum absolute atomic E-state index is 13.3. The van der Waals surface area contributed by atoms with Crippen LogP contribution in [0.25, 0.3) is 0 Å². The Morgan fingerprint density at radius 1 is 1.16 bits per heavy atom. The zero-order valence-electron chi connectivity index (χ0n) is 16.8. The summed E-state index contributed by atoms with van der Waals surface area (Å²) in [5.74, 6) is 1.50. The van der Waals surface area contributed by atoms with Crippen molar-refractivity contribution in [1.29, 1.82) is 0 Å². The lowest BCUT2D eigenvalue weighted by atomic mass is 10.2. The summed E-state index contributed by atoms with van der Waals surface area (Å²) in [5.41, 5.74) is 2.24. The maximum atomic E-state index is 13.3. The summed E-state index contributed by atoms with van der Waals surface area (Å²) in [4.78, 5) is 13.1. The third kappa shape index (κ3) is 4.57.